The fourth-order valence-corrected chi connectivity index (χ4v) is 2.71. The van der Waals surface area contributed by atoms with Crippen LogP contribution in [0.3, 0.4) is 0 Å². The number of hydrogen-bond donors (Lipinski definition) is 1. The van der Waals surface area contributed by atoms with Gasteiger partial charge in [0.25, 0.3) is 0 Å². The number of rotatable bonds is 9. The van der Waals surface area contributed by atoms with Gasteiger partial charge in [0.2, 0.25) is 0 Å². The Balaban J connectivity index is 2.14. The molecule has 2 rings (SSSR count). The summed E-state index contributed by atoms with van der Waals surface area (Å²) in [6.45, 7) is 4.39. The third-order valence-electron chi connectivity index (χ3n) is 4.73. The Hall–Kier alpha value is -3.87. The van der Waals surface area contributed by atoms with Crippen LogP contribution in [0.15, 0.2) is 48.6 Å². The van der Waals surface area contributed by atoms with E-state index in [4.69, 9.17) is 14.2 Å². The zero-order valence-corrected chi connectivity index (χ0v) is 18.7. The van der Waals surface area contributed by atoms with Gasteiger partial charge in [-0.05, 0) is 61.4 Å². The summed E-state index contributed by atoms with van der Waals surface area (Å²) in [5.74, 6) is -0.323. The molecule has 1 N–H and O–H groups in total. The first-order chi connectivity index (χ1) is 15.1. The molecule has 0 saturated carbocycles. The van der Waals surface area contributed by atoms with Gasteiger partial charge in [0, 0.05) is 6.92 Å². The maximum atomic E-state index is 12.7. The van der Waals surface area contributed by atoms with Crippen LogP contribution in [0.2, 0.25) is 0 Å². The van der Waals surface area contributed by atoms with Crippen LogP contribution in [0.4, 0.5) is 0 Å². The summed E-state index contributed by atoms with van der Waals surface area (Å²) in [5, 5.41) is 9.66. The maximum absolute atomic E-state index is 12.7. The molecule has 32 heavy (non-hydrogen) atoms. The molecule has 0 aromatic heterocycles. The summed E-state index contributed by atoms with van der Waals surface area (Å²) in [4.78, 5) is 36.5. The Morgan fingerprint density at radius 3 is 1.81 bits per heavy atom. The smallest absolute Gasteiger partial charge is 0.308 e. The van der Waals surface area contributed by atoms with Crippen molar-refractivity contribution >= 4 is 29.7 Å². The first-order valence-electron chi connectivity index (χ1n) is 9.77. The van der Waals surface area contributed by atoms with Crippen molar-refractivity contribution in [2.75, 3.05) is 14.2 Å². The quantitative estimate of drug-likeness (QED) is 0.271. The van der Waals surface area contributed by atoms with Gasteiger partial charge < -0.3 is 19.3 Å². The number of methoxy groups -OCH3 is 2. The van der Waals surface area contributed by atoms with E-state index in [2.05, 4.69) is 0 Å². The van der Waals surface area contributed by atoms with Crippen LogP contribution >= 0.6 is 0 Å². The summed E-state index contributed by atoms with van der Waals surface area (Å²) in [5.41, 5.74) is 0.00306. The molecule has 7 heteroatoms. The number of benzene rings is 2. The SMILES string of the molecule is COc1cc(C=CC(=O)C(C)(C)C(=O)C=Cc2ccc(OC(C)=O)c(OC)c2)ccc1O. The molecule has 0 radical (unpaired) electrons. The van der Waals surface area contributed by atoms with Crippen LogP contribution < -0.4 is 14.2 Å². The monoisotopic (exact) mass is 438 g/mol. The number of esters is 1. The average Bonchev–Trinajstić information content (AvgIpc) is 2.76. The molecule has 0 fully saturated rings. The maximum Gasteiger partial charge on any atom is 0.308 e. The van der Waals surface area contributed by atoms with Crippen molar-refractivity contribution in [3.63, 3.8) is 0 Å². The van der Waals surface area contributed by atoms with E-state index in [1.54, 1.807) is 56.3 Å². The topological polar surface area (TPSA) is 99.1 Å². The lowest BCUT2D eigenvalue weighted by atomic mass is 9.82. The molecule has 0 unspecified atom stereocenters. The van der Waals surface area contributed by atoms with E-state index in [0.717, 1.165) is 0 Å². The highest BCUT2D eigenvalue weighted by Gasteiger charge is 2.32. The number of ketones is 2. The van der Waals surface area contributed by atoms with Gasteiger partial charge in [0.1, 0.15) is 0 Å². The number of aromatic hydroxyl groups is 1. The second-order valence-corrected chi connectivity index (χ2v) is 7.46. The number of ether oxygens (including phenoxy) is 3. The lowest BCUT2D eigenvalue weighted by Gasteiger charge is -2.17. The molecule has 0 spiro atoms. The van der Waals surface area contributed by atoms with Gasteiger partial charge in [-0.3, -0.25) is 14.4 Å². The van der Waals surface area contributed by atoms with E-state index >= 15 is 0 Å². The highest BCUT2D eigenvalue weighted by Crippen LogP contribution is 2.30. The van der Waals surface area contributed by atoms with E-state index in [1.807, 2.05) is 0 Å². The van der Waals surface area contributed by atoms with Crippen molar-refractivity contribution in [2.45, 2.75) is 20.8 Å². The van der Waals surface area contributed by atoms with Gasteiger partial charge in [0.05, 0.1) is 19.6 Å². The second kappa shape index (κ2) is 10.4. The van der Waals surface area contributed by atoms with Crippen LogP contribution in [0.1, 0.15) is 31.9 Å². The molecule has 0 saturated heterocycles. The summed E-state index contributed by atoms with van der Waals surface area (Å²) in [6, 6.07) is 9.52. The van der Waals surface area contributed by atoms with E-state index in [0.29, 0.717) is 16.9 Å². The highest BCUT2D eigenvalue weighted by molar-refractivity contribution is 6.16. The lowest BCUT2D eigenvalue weighted by molar-refractivity contribution is -0.133. The van der Waals surface area contributed by atoms with Crippen molar-refractivity contribution in [3.05, 3.63) is 59.7 Å². The largest absolute Gasteiger partial charge is 0.504 e. The van der Waals surface area contributed by atoms with Gasteiger partial charge in [-0.15, -0.1) is 0 Å². The molecule has 0 atom stereocenters. The van der Waals surface area contributed by atoms with E-state index in [9.17, 15) is 19.5 Å². The van der Waals surface area contributed by atoms with Gasteiger partial charge in [-0.2, -0.15) is 0 Å². The Morgan fingerprint density at radius 2 is 1.31 bits per heavy atom. The first kappa shape index (κ1) is 24.4. The molecule has 168 valence electrons. The lowest BCUT2D eigenvalue weighted by Crippen LogP contribution is -2.30. The molecule has 0 aliphatic heterocycles. The van der Waals surface area contributed by atoms with Crippen LogP contribution in [0.25, 0.3) is 12.2 Å². The second-order valence-electron chi connectivity index (χ2n) is 7.46. The van der Waals surface area contributed by atoms with Crippen LogP contribution in [0.5, 0.6) is 23.0 Å². The molecular formula is C25H26O7. The number of carbonyl (C=O) groups excluding carboxylic acids is 3. The minimum Gasteiger partial charge on any atom is -0.504 e. The fourth-order valence-electron chi connectivity index (χ4n) is 2.71. The number of carbonyl (C=O) groups is 3. The number of allylic oxidation sites excluding steroid dienone is 2. The fraction of sp³-hybridized carbons (Fsp3) is 0.240. The molecule has 0 amide bonds. The van der Waals surface area contributed by atoms with E-state index in [1.165, 1.54) is 39.4 Å². The molecule has 0 aliphatic rings. The zero-order chi connectivity index (χ0) is 23.9. The summed E-state index contributed by atoms with van der Waals surface area (Å²) < 4.78 is 15.3. The first-order valence-corrected chi connectivity index (χ1v) is 9.77. The van der Waals surface area contributed by atoms with Gasteiger partial charge in [-0.25, -0.2) is 0 Å². The normalized spacial score (nSPS) is 11.5. The summed E-state index contributed by atoms with van der Waals surface area (Å²) in [7, 11) is 2.88. The van der Waals surface area contributed by atoms with Gasteiger partial charge in [-0.1, -0.05) is 24.3 Å². The molecule has 7 nitrogen and oxygen atoms in total. The van der Waals surface area contributed by atoms with Gasteiger partial charge in [0.15, 0.2) is 34.6 Å². The highest BCUT2D eigenvalue weighted by atomic mass is 16.6. The number of phenols is 1. The Labute approximate surface area is 186 Å². The van der Waals surface area contributed by atoms with E-state index < -0.39 is 11.4 Å². The van der Waals surface area contributed by atoms with Crippen molar-refractivity contribution in [3.8, 4) is 23.0 Å². The Bertz CT molecular complexity index is 1080. The zero-order valence-electron chi connectivity index (χ0n) is 18.7. The van der Waals surface area contributed by atoms with Crippen molar-refractivity contribution in [1.82, 2.24) is 0 Å². The third-order valence-corrected chi connectivity index (χ3v) is 4.73. The predicted molar refractivity (Wildman–Crippen MR) is 121 cm³/mol. The van der Waals surface area contributed by atoms with Crippen molar-refractivity contribution < 1.29 is 33.7 Å². The van der Waals surface area contributed by atoms with Crippen molar-refractivity contribution in [2.24, 2.45) is 5.41 Å². The summed E-state index contributed by atoms with van der Waals surface area (Å²) >= 11 is 0. The molecule has 0 heterocycles. The van der Waals surface area contributed by atoms with Crippen molar-refractivity contribution in [1.29, 1.82) is 0 Å². The van der Waals surface area contributed by atoms with Crippen LogP contribution in [0, 0.1) is 5.41 Å². The van der Waals surface area contributed by atoms with E-state index in [-0.39, 0.29) is 28.8 Å². The minimum absolute atomic E-state index is 0.00543. The molecule has 0 bridgehead atoms. The van der Waals surface area contributed by atoms with Crippen LogP contribution in [-0.2, 0) is 14.4 Å². The average molecular weight is 438 g/mol. The standard InChI is InChI=1S/C25H26O7/c1-16(26)32-20-11-7-18(15-22(20)31-5)9-13-24(29)25(2,3)23(28)12-8-17-6-10-19(27)21(14-17)30-4/h6-15,27H,1-5H3. The minimum atomic E-state index is -1.28. The number of phenolic OH excluding ortho intramolecular Hbond substituents is 1. The van der Waals surface area contributed by atoms with Gasteiger partial charge >= 0.3 is 5.97 Å². The Morgan fingerprint density at radius 1 is 0.812 bits per heavy atom. The molecular weight excluding hydrogens is 412 g/mol. The third kappa shape index (κ3) is 6.07. The molecule has 0 aliphatic carbocycles. The summed E-state index contributed by atoms with van der Waals surface area (Å²) in [6.07, 6.45) is 5.78. The Kier molecular flexibility index (Phi) is 7.96. The molecule has 2 aromatic rings. The predicted octanol–water partition coefficient (Wildman–Crippen LogP) is 4.23. The number of hydrogen-bond acceptors (Lipinski definition) is 7. The van der Waals surface area contributed by atoms with Crippen LogP contribution in [-0.4, -0.2) is 36.9 Å². The molecule has 2 aromatic carbocycles.